The summed E-state index contributed by atoms with van der Waals surface area (Å²) < 4.78 is 15.0. The van der Waals surface area contributed by atoms with Crippen molar-refractivity contribution in [1.82, 2.24) is 102 Å². The second-order valence-corrected chi connectivity index (χ2v) is 36.1. The number of anilines is 12. The van der Waals surface area contributed by atoms with Gasteiger partial charge in [0.05, 0.1) is 57.6 Å². The Morgan fingerprint density at radius 3 is 1.10 bits per heavy atom. The van der Waals surface area contributed by atoms with Gasteiger partial charge >= 0.3 is 0 Å². The van der Waals surface area contributed by atoms with Crippen molar-refractivity contribution in [3.8, 4) is 0 Å². The van der Waals surface area contributed by atoms with Gasteiger partial charge in [-0.1, -0.05) is 202 Å². The van der Waals surface area contributed by atoms with Crippen LogP contribution in [-0.2, 0) is 52.9 Å². The molecule has 2 fully saturated rings. The Hall–Kier alpha value is -15.2. The third-order valence-corrected chi connectivity index (χ3v) is 24.5. The number of nitrogens with one attached hydrogen (secondary N) is 6. The highest BCUT2D eigenvalue weighted by Gasteiger charge is 2.25. The molecule has 14 aromatic heterocycles. The molecule has 138 heavy (non-hydrogen) atoms. The molecular weight excluding hydrogens is 1720 g/mol. The Kier molecular flexibility index (Phi) is 33.7. The predicted molar refractivity (Wildman–Crippen MR) is 565 cm³/mol. The van der Waals surface area contributed by atoms with Gasteiger partial charge in [0.1, 0.15) is 33.1 Å². The normalized spacial score (nSPS) is 12.5. The lowest BCUT2D eigenvalue weighted by atomic mass is 9.89. The Morgan fingerprint density at radius 1 is 0.348 bits per heavy atom. The minimum Gasteiger partial charge on any atom is -0.368 e. The summed E-state index contributed by atoms with van der Waals surface area (Å²) >= 11 is 0. The zero-order valence-electron chi connectivity index (χ0n) is 81.0. The molecule has 20 rings (SSSR count). The second kappa shape index (κ2) is 47.8. The number of unbranched alkanes of at least 4 members (excludes halogenated alkanes) is 4. The molecule has 0 aliphatic heterocycles. The lowest BCUT2D eigenvalue weighted by molar-refractivity contribution is 0.322. The second-order valence-electron chi connectivity index (χ2n) is 36.1. The monoisotopic (exact) mass is 1860 g/mol. The van der Waals surface area contributed by atoms with Gasteiger partial charge in [-0.2, -0.15) is 35.0 Å². The first-order valence-electron chi connectivity index (χ1n) is 48.9. The van der Waals surface area contributed by atoms with E-state index in [1.165, 1.54) is 79.9 Å². The zero-order valence-corrected chi connectivity index (χ0v) is 81.0. The van der Waals surface area contributed by atoms with Crippen LogP contribution < -0.4 is 66.3 Å². The fourth-order valence-electron chi connectivity index (χ4n) is 17.3. The number of benzene rings is 4. The Morgan fingerprint density at radius 2 is 0.703 bits per heavy atom. The number of rotatable bonds is 35. The molecule has 0 atom stereocenters. The van der Waals surface area contributed by atoms with Crippen molar-refractivity contribution in [2.24, 2.45) is 24.8 Å². The Balaban J connectivity index is 0.000000126. The summed E-state index contributed by atoms with van der Waals surface area (Å²) in [4.78, 5) is 57.2. The number of aryl methyl sites for hydroxylation is 2. The van der Waals surface area contributed by atoms with Crippen LogP contribution in [0.25, 0.3) is 77.0 Å². The van der Waals surface area contributed by atoms with Crippen LogP contribution in [-0.4, -0.2) is 135 Å². The molecule has 0 radical (unpaired) electrons. The van der Waals surface area contributed by atoms with Crippen molar-refractivity contribution >= 4 is 148 Å². The molecule has 720 valence electrons. The maximum Gasteiger partial charge on any atom is 0.222 e. The number of fused-ring (bicyclic) bond motifs is 7. The molecule has 2 aliphatic carbocycles. The third kappa shape index (κ3) is 26.3. The first-order valence-corrected chi connectivity index (χ1v) is 48.9. The number of nitrogens with zero attached hydrogens (tertiary/aromatic N) is 21. The molecule has 2 saturated carbocycles. The van der Waals surface area contributed by atoms with E-state index >= 15 is 0 Å². The number of nitrogen functional groups attached to an aromatic ring is 6. The molecule has 0 unspecified atom stereocenters. The maximum absolute atomic E-state index is 5.89. The summed E-state index contributed by atoms with van der Waals surface area (Å²) in [5, 5.41) is 27.1. The smallest absolute Gasteiger partial charge is 0.222 e. The van der Waals surface area contributed by atoms with Gasteiger partial charge in [0, 0.05) is 127 Å². The Bertz CT molecular complexity index is 6920. The molecule has 18 aromatic rings. The number of nitrogens with two attached hydrogens (primary N) is 6. The van der Waals surface area contributed by atoms with E-state index in [1.54, 1.807) is 4.68 Å². The predicted octanol–water partition coefficient (Wildman–Crippen LogP) is 19.8. The van der Waals surface area contributed by atoms with E-state index in [2.05, 4.69) is 281 Å². The summed E-state index contributed by atoms with van der Waals surface area (Å²) in [6.45, 7) is 25.4. The van der Waals surface area contributed by atoms with Gasteiger partial charge in [-0.25, -0.2) is 29.9 Å². The van der Waals surface area contributed by atoms with Crippen LogP contribution >= 0.6 is 0 Å². The highest BCUT2D eigenvalue weighted by atomic mass is 15.3. The van der Waals surface area contributed by atoms with Crippen LogP contribution in [0.15, 0.2) is 207 Å². The molecule has 0 saturated heterocycles. The van der Waals surface area contributed by atoms with E-state index in [4.69, 9.17) is 34.4 Å². The van der Waals surface area contributed by atoms with E-state index < -0.39 is 0 Å². The van der Waals surface area contributed by atoms with E-state index in [9.17, 15) is 0 Å². The van der Waals surface area contributed by atoms with Gasteiger partial charge in [-0.3, -0.25) is 9.67 Å². The van der Waals surface area contributed by atoms with Gasteiger partial charge in [0.15, 0.2) is 34.9 Å². The van der Waals surface area contributed by atoms with Gasteiger partial charge in [0.25, 0.3) is 0 Å². The molecule has 33 nitrogen and oxygen atoms in total. The van der Waals surface area contributed by atoms with Crippen molar-refractivity contribution < 1.29 is 0 Å². The van der Waals surface area contributed by atoms with Crippen LogP contribution in [0.4, 0.5) is 70.6 Å². The maximum atomic E-state index is 5.89. The molecule has 0 amide bonds. The van der Waals surface area contributed by atoms with Crippen LogP contribution in [0, 0.1) is 24.7 Å². The van der Waals surface area contributed by atoms with Crippen LogP contribution in [0.5, 0.6) is 0 Å². The van der Waals surface area contributed by atoms with Crippen LogP contribution in [0.2, 0.25) is 0 Å². The largest absolute Gasteiger partial charge is 0.368 e. The zero-order chi connectivity index (χ0) is 96.2. The number of hydrogen-bond donors (Lipinski definition) is 12. The topological polar surface area (TPSA) is 443 Å². The van der Waals surface area contributed by atoms with Crippen molar-refractivity contribution in [3.63, 3.8) is 0 Å². The highest BCUT2D eigenvalue weighted by molar-refractivity contribution is 5.93. The molecule has 14 heterocycles. The summed E-state index contributed by atoms with van der Waals surface area (Å²) in [6.07, 6.45) is 35.9. The van der Waals surface area contributed by atoms with Crippen molar-refractivity contribution in [3.05, 3.63) is 241 Å². The van der Waals surface area contributed by atoms with E-state index in [1.807, 2.05) is 111 Å². The highest BCUT2D eigenvalue weighted by Crippen LogP contribution is 2.36. The minimum absolute atomic E-state index is 0.258. The van der Waals surface area contributed by atoms with Crippen molar-refractivity contribution in [2.75, 3.05) is 99.0 Å². The van der Waals surface area contributed by atoms with Gasteiger partial charge in [0.2, 0.25) is 35.7 Å². The minimum atomic E-state index is 0.258. The molecule has 4 aromatic carbocycles. The first kappa shape index (κ1) is 97.4. The van der Waals surface area contributed by atoms with E-state index in [0.29, 0.717) is 48.6 Å². The summed E-state index contributed by atoms with van der Waals surface area (Å²) in [7, 11) is 1.90. The molecule has 18 N–H and O–H groups in total. The molecule has 33 heteroatoms. The van der Waals surface area contributed by atoms with Crippen LogP contribution in [0.1, 0.15) is 178 Å². The SMILES string of the molecule is CC(C)CCNc1nc(N)nc2ccn(Cc3ccccc3)c12.CCCCNc1nc(N)nc2c(C)cn(Cc3ccccc3)c12.CCCCNc1nc(N)nc2ccn(CC3CC3)c12.CCCCNc1nc(N)nc2ccn(CC3CCCCC3)c12.CCCCNc1nc(N)nc2ccn(Cc3cc4ccccc4cn3)c12.Cn1ccc(CNc2nc(N)nc3ccn(Cc4ccccc4)c23)n1. The first-order chi connectivity index (χ1) is 67.3. The number of aromatic nitrogens is 21. The summed E-state index contributed by atoms with van der Waals surface area (Å²) in [6, 6.07) is 53.4. The lowest BCUT2D eigenvalue weighted by Gasteiger charge is -2.22. The van der Waals surface area contributed by atoms with Gasteiger partial charge in [-0.15, -0.1) is 0 Å². The molecule has 2 aliphatic rings. The standard InChI is InChI=1S/C20H22N6.C18H19N7.2C18H23N5.C17H27N5.C14H21N5/c1-2-3-9-22-19-18-17(24-20(21)25-19)8-10-26(18)13-16-11-14-6-4-5-7-15(14)12-23-16;1-24-9-7-14(23-24)11-20-17-16-15(21-18(19)22-17)8-10-25(16)12-13-5-3-2-4-6-13;1-13(2)8-10-20-17-16-15(21-18(19)22-17)9-11-23(16)12-14-6-4-3-5-7-14;1-3-4-10-20-17-16-15(21-18(19)22-17)13(2)11-23(16)12-14-8-6-5-7-9-14;1-2-3-10-19-16-15-14(20-17(18)21-16)9-11-22(15)12-13-7-5-4-6-8-13;1-2-3-7-16-13-12-11(17-14(15)18-13)6-8-19(12)9-10-4-5-10/h4-8,10-12H,2-3,9,13H2,1H3,(H3,21,22,24,25);2-10H,11-12H2,1H3,(H3,19,20,21,22);3-7,9,11,13H,8,10,12H2,1-2H3,(H3,19,20,21,22);5-9,11H,3-4,10,12H2,1-2H3,(H3,19,20,21,22);9,11,13H,2-8,10,12H2,1H3,(H3,18,19,20,21);6,8,10H,2-5,7,9H2,1H3,(H3,15,16,17,18). The number of pyridine rings is 1. The van der Waals surface area contributed by atoms with Crippen molar-refractivity contribution in [1.29, 1.82) is 0 Å². The fraction of sp³-hybridized carbons (Fsp3) is 0.371. The van der Waals surface area contributed by atoms with Crippen LogP contribution in [0.3, 0.4) is 0 Å². The molecular formula is C105H135N33. The van der Waals surface area contributed by atoms with Gasteiger partial charge < -0.3 is 93.7 Å². The average molecular weight is 1860 g/mol. The Labute approximate surface area is 806 Å². The van der Waals surface area contributed by atoms with E-state index in [0.717, 1.165) is 240 Å². The number of hydrogen-bond acceptors (Lipinski definition) is 26. The summed E-state index contributed by atoms with van der Waals surface area (Å²) in [5.41, 5.74) is 53.4. The van der Waals surface area contributed by atoms with Gasteiger partial charge in [-0.05, 0) is 153 Å². The fourth-order valence-corrected chi connectivity index (χ4v) is 17.3. The lowest BCUT2D eigenvalue weighted by Crippen LogP contribution is -2.15. The molecule has 0 spiro atoms. The van der Waals surface area contributed by atoms with E-state index in [-0.39, 0.29) is 11.9 Å². The summed E-state index contributed by atoms with van der Waals surface area (Å²) in [5.74, 6) is 9.02. The average Bonchev–Trinajstić information content (AvgIpc) is 1.60. The quantitative estimate of drug-likeness (QED) is 0.0164. The van der Waals surface area contributed by atoms with Crippen molar-refractivity contribution in [2.45, 2.75) is 197 Å². The molecule has 0 bridgehead atoms. The third-order valence-electron chi connectivity index (χ3n) is 24.5.